The summed E-state index contributed by atoms with van der Waals surface area (Å²) in [6.45, 7) is -0.433. The van der Waals surface area contributed by atoms with Crippen LogP contribution in [0.5, 0.6) is 0 Å². The lowest BCUT2D eigenvalue weighted by Crippen LogP contribution is -2.32. The maximum Gasteiger partial charge on any atom is 0.258 e. The molecule has 1 aliphatic heterocycles. The summed E-state index contributed by atoms with van der Waals surface area (Å²) in [6, 6.07) is 0. The minimum atomic E-state index is -1.35. The van der Waals surface area contributed by atoms with E-state index in [2.05, 4.69) is 9.89 Å². The van der Waals surface area contributed by atoms with Gasteiger partial charge < -0.3 is 25.3 Å². The standard InChI is InChI=1S/C5H9NO5/c7-1-2-3(8)4(9)5(6-10)11-2/h2-4,7-10H,1H2/b6-5-/t2-,3-,4-/m1/s1. The van der Waals surface area contributed by atoms with Crippen LogP contribution in [-0.2, 0) is 4.74 Å². The summed E-state index contributed by atoms with van der Waals surface area (Å²) in [7, 11) is 0. The Balaban J connectivity index is 2.68. The Kier molecular flexibility index (Phi) is 2.28. The zero-order valence-electron chi connectivity index (χ0n) is 5.58. The number of hydrogen-bond donors (Lipinski definition) is 4. The van der Waals surface area contributed by atoms with Crippen LogP contribution in [0.25, 0.3) is 0 Å². The van der Waals surface area contributed by atoms with Crippen molar-refractivity contribution in [3.63, 3.8) is 0 Å². The molecule has 1 heterocycles. The molecule has 0 aliphatic carbocycles. The van der Waals surface area contributed by atoms with Crippen molar-refractivity contribution >= 4 is 5.90 Å². The van der Waals surface area contributed by atoms with Crippen LogP contribution in [0.4, 0.5) is 0 Å². The molecule has 0 aromatic rings. The van der Waals surface area contributed by atoms with Crippen LogP contribution in [0, 0.1) is 0 Å². The average molecular weight is 163 g/mol. The molecule has 1 saturated heterocycles. The van der Waals surface area contributed by atoms with Crippen molar-refractivity contribution in [2.75, 3.05) is 6.61 Å². The summed E-state index contributed by atoms with van der Waals surface area (Å²) in [5.41, 5.74) is 0. The summed E-state index contributed by atoms with van der Waals surface area (Å²) in [6.07, 6.45) is -3.49. The molecule has 6 nitrogen and oxygen atoms in total. The van der Waals surface area contributed by atoms with Crippen LogP contribution in [0.1, 0.15) is 0 Å². The van der Waals surface area contributed by atoms with Crippen molar-refractivity contribution in [3.05, 3.63) is 0 Å². The van der Waals surface area contributed by atoms with Crippen LogP contribution in [0.2, 0.25) is 0 Å². The molecule has 11 heavy (non-hydrogen) atoms. The van der Waals surface area contributed by atoms with Crippen molar-refractivity contribution in [3.8, 4) is 0 Å². The number of oxime groups is 1. The Hall–Kier alpha value is -0.850. The third kappa shape index (κ3) is 1.28. The first-order valence-corrected chi connectivity index (χ1v) is 3.06. The predicted molar refractivity (Wildman–Crippen MR) is 33.2 cm³/mol. The smallest absolute Gasteiger partial charge is 0.258 e. The molecule has 6 heteroatoms. The van der Waals surface area contributed by atoms with Crippen molar-refractivity contribution in [2.24, 2.45) is 5.16 Å². The highest BCUT2D eigenvalue weighted by Gasteiger charge is 2.40. The Bertz CT molecular complexity index is 170. The van der Waals surface area contributed by atoms with Gasteiger partial charge in [0, 0.05) is 0 Å². The SMILES string of the molecule is OC[C@H]1O/C(=N\O)[C@H](O)[C@@H]1O. The van der Waals surface area contributed by atoms with Crippen molar-refractivity contribution in [2.45, 2.75) is 18.3 Å². The molecule has 1 fully saturated rings. The van der Waals surface area contributed by atoms with E-state index in [9.17, 15) is 0 Å². The first kappa shape index (κ1) is 8.25. The summed E-state index contributed by atoms with van der Waals surface area (Å²) in [5.74, 6) is -0.364. The number of hydrogen-bond acceptors (Lipinski definition) is 6. The largest absolute Gasteiger partial charge is 0.468 e. The van der Waals surface area contributed by atoms with Gasteiger partial charge in [-0.25, -0.2) is 0 Å². The maximum atomic E-state index is 9.03. The average Bonchev–Trinajstić information content (AvgIpc) is 2.30. The Labute approximate surface area is 62.3 Å². The van der Waals surface area contributed by atoms with E-state index in [0.29, 0.717) is 0 Å². The third-order valence-corrected chi connectivity index (χ3v) is 1.51. The predicted octanol–water partition coefficient (Wildman–Crippen LogP) is -2.11. The van der Waals surface area contributed by atoms with Crippen LogP contribution >= 0.6 is 0 Å². The number of aliphatic hydroxyl groups is 3. The lowest BCUT2D eigenvalue weighted by Gasteiger charge is -2.08. The highest BCUT2D eigenvalue weighted by molar-refractivity contribution is 5.83. The van der Waals surface area contributed by atoms with Crippen molar-refractivity contribution < 1.29 is 25.3 Å². The Morgan fingerprint density at radius 2 is 2.09 bits per heavy atom. The molecule has 0 aromatic heterocycles. The summed E-state index contributed by atoms with van der Waals surface area (Å²) in [5, 5.41) is 37.3. The van der Waals surface area contributed by atoms with Gasteiger partial charge in [0.2, 0.25) is 0 Å². The first-order valence-electron chi connectivity index (χ1n) is 3.06. The van der Waals surface area contributed by atoms with Crippen LogP contribution in [-0.4, -0.2) is 51.3 Å². The minimum absolute atomic E-state index is 0.364. The molecular formula is C5H9NO5. The molecular weight excluding hydrogens is 154 g/mol. The molecule has 1 rings (SSSR count). The van der Waals surface area contributed by atoms with Crippen molar-refractivity contribution in [1.82, 2.24) is 0 Å². The molecule has 0 amide bonds. The quantitative estimate of drug-likeness (QED) is 0.261. The van der Waals surface area contributed by atoms with Gasteiger partial charge in [0.25, 0.3) is 5.90 Å². The second kappa shape index (κ2) is 3.04. The lowest BCUT2D eigenvalue weighted by molar-refractivity contribution is -0.00141. The molecule has 0 bridgehead atoms. The fourth-order valence-electron chi connectivity index (χ4n) is 0.872. The number of nitrogens with zero attached hydrogens (tertiary/aromatic N) is 1. The second-order valence-corrected chi connectivity index (χ2v) is 2.21. The van der Waals surface area contributed by atoms with E-state index in [-0.39, 0.29) is 5.90 Å². The van der Waals surface area contributed by atoms with Crippen molar-refractivity contribution in [1.29, 1.82) is 0 Å². The normalized spacial score (nSPS) is 41.0. The van der Waals surface area contributed by atoms with Gasteiger partial charge in [-0.05, 0) is 0 Å². The van der Waals surface area contributed by atoms with E-state index in [0.717, 1.165) is 0 Å². The molecule has 64 valence electrons. The zero-order chi connectivity index (χ0) is 8.43. The summed E-state index contributed by atoms with van der Waals surface area (Å²) in [4.78, 5) is 0. The fourth-order valence-corrected chi connectivity index (χ4v) is 0.872. The Morgan fingerprint density at radius 1 is 1.45 bits per heavy atom. The van der Waals surface area contributed by atoms with Gasteiger partial charge in [-0.15, -0.1) is 0 Å². The van der Waals surface area contributed by atoms with Crippen LogP contribution < -0.4 is 0 Å². The highest BCUT2D eigenvalue weighted by atomic mass is 16.6. The topological polar surface area (TPSA) is 103 Å². The minimum Gasteiger partial charge on any atom is -0.468 e. The van der Waals surface area contributed by atoms with Gasteiger partial charge in [-0.1, -0.05) is 5.16 Å². The first-order chi connectivity index (χ1) is 5.20. The third-order valence-electron chi connectivity index (χ3n) is 1.51. The van der Waals surface area contributed by atoms with E-state index < -0.39 is 24.9 Å². The molecule has 1 aliphatic rings. The molecule has 0 radical (unpaired) electrons. The monoisotopic (exact) mass is 163 g/mol. The van der Waals surface area contributed by atoms with E-state index >= 15 is 0 Å². The van der Waals surface area contributed by atoms with Gasteiger partial charge in [-0.3, -0.25) is 0 Å². The maximum absolute atomic E-state index is 9.03. The van der Waals surface area contributed by atoms with Crippen LogP contribution in [0.3, 0.4) is 0 Å². The summed E-state index contributed by atoms with van der Waals surface area (Å²) >= 11 is 0. The van der Waals surface area contributed by atoms with E-state index in [4.69, 9.17) is 20.5 Å². The molecule has 0 saturated carbocycles. The number of ether oxygens (including phenoxy) is 1. The summed E-state index contributed by atoms with van der Waals surface area (Å²) < 4.78 is 4.63. The lowest BCUT2D eigenvalue weighted by atomic mass is 10.1. The molecule has 3 atom stereocenters. The van der Waals surface area contributed by atoms with E-state index in [1.54, 1.807) is 0 Å². The van der Waals surface area contributed by atoms with Gasteiger partial charge in [0.15, 0.2) is 12.2 Å². The molecule has 0 unspecified atom stereocenters. The van der Waals surface area contributed by atoms with Crippen LogP contribution in [0.15, 0.2) is 5.16 Å². The van der Waals surface area contributed by atoms with Gasteiger partial charge >= 0.3 is 0 Å². The van der Waals surface area contributed by atoms with E-state index in [1.165, 1.54) is 0 Å². The van der Waals surface area contributed by atoms with Gasteiger partial charge in [0.05, 0.1) is 6.61 Å². The highest BCUT2D eigenvalue weighted by Crippen LogP contribution is 2.15. The fraction of sp³-hybridized carbons (Fsp3) is 0.800. The number of rotatable bonds is 1. The van der Waals surface area contributed by atoms with Gasteiger partial charge in [0.1, 0.15) is 6.10 Å². The van der Waals surface area contributed by atoms with E-state index in [1.807, 2.05) is 0 Å². The molecule has 0 aromatic carbocycles. The Morgan fingerprint density at radius 3 is 2.36 bits per heavy atom. The second-order valence-electron chi connectivity index (χ2n) is 2.21. The number of aliphatic hydroxyl groups excluding tert-OH is 3. The zero-order valence-corrected chi connectivity index (χ0v) is 5.58. The van der Waals surface area contributed by atoms with Gasteiger partial charge in [-0.2, -0.15) is 0 Å². The molecule has 4 N–H and O–H groups in total. The molecule has 0 spiro atoms.